The van der Waals surface area contributed by atoms with Crippen LogP contribution >= 0.6 is 15.6 Å². The Balaban J connectivity index is 5.33. The van der Waals surface area contributed by atoms with Crippen molar-refractivity contribution in [2.45, 2.75) is 341 Å². The molecule has 17 nitrogen and oxygen atoms in total. The number of hydrogen-bond donors (Lipinski definition) is 3. The van der Waals surface area contributed by atoms with Gasteiger partial charge in [-0.25, -0.2) is 9.13 Å². The Bertz CT molecular complexity index is 2070. The predicted molar refractivity (Wildman–Crippen MR) is 381 cm³/mol. The van der Waals surface area contributed by atoms with Crippen molar-refractivity contribution in [3.05, 3.63) is 72.9 Å². The van der Waals surface area contributed by atoms with E-state index in [-0.39, 0.29) is 25.7 Å². The predicted octanol–water partition coefficient (Wildman–Crippen LogP) is 20.9. The van der Waals surface area contributed by atoms with Gasteiger partial charge in [-0.1, -0.05) is 280 Å². The molecule has 0 rings (SSSR count). The molecule has 19 heteroatoms. The number of unbranched alkanes of at least 4 members (excludes halogenated alkanes) is 32. The summed E-state index contributed by atoms with van der Waals surface area (Å²) in [5.41, 5.74) is 0. The Morgan fingerprint density at radius 2 is 0.574 bits per heavy atom. The number of phosphoric acid groups is 2. The van der Waals surface area contributed by atoms with Crippen molar-refractivity contribution in [2.24, 2.45) is 0 Å². The van der Waals surface area contributed by atoms with Crippen molar-refractivity contribution in [1.82, 2.24) is 0 Å². The van der Waals surface area contributed by atoms with Crippen LogP contribution in [0.15, 0.2) is 72.9 Å². The van der Waals surface area contributed by atoms with Gasteiger partial charge in [-0.2, -0.15) is 0 Å². The molecule has 0 heterocycles. The summed E-state index contributed by atoms with van der Waals surface area (Å²) >= 11 is 0. The summed E-state index contributed by atoms with van der Waals surface area (Å²) < 4.78 is 68.3. The molecule has 0 aliphatic rings. The van der Waals surface area contributed by atoms with Gasteiger partial charge in [-0.15, -0.1) is 0 Å². The molecule has 0 spiro atoms. The Labute approximate surface area is 571 Å². The zero-order valence-electron chi connectivity index (χ0n) is 59.4. The molecule has 0 saturated carbocycles. The highest BCUT2D eigenvalue weighted by molar-refractivity contribution is 7.47. The highest BCUT2D eigenvalue weighted by atomic mass is 31.2. The molecule has 0 aromatic rings. The summed E-state index contributed by atoms with van der Waals surface area (Å²) in [6.07, 6.45) is 66.2. The van der Waals surface area contributed by atoms with E-state index < -0.39 is 97.5 Å². The molecule has 5 atom stereocenters. The number of aliphatic hydroxyl groups is 1. The van der Waals surface area contributed by atoms with Crippen molar-refractivity contribution in [1.29, 1.82) is 0 Å². The molecule has 0 aliphatic carbocycles. The highest BCUT2D eigenvalue weighted by Gasteiger charge is 2.30. The number of hydrogen-bond acceptors (Lipinski definition) is 15. The van der Waals surface area contributed by atoms with Crippen LogP contribution in [0.5, 0.6) is 0 Å². The fraction of sp³-hybridized carbons (Fsp3) is 0.787. The van der Waals surface area contributed by atoms with Crippen LogP contribution in [0.1, 0.15) is 323 Å². The van der Waals surface area contributed by atoms with Gasteiger partial charge in [0.05, 0.1) is 26.4 Å². The largest absolute Gasteiger partial charge is 0.472 e. The van der Waals surface area contributed by atoms with Crippen LogP contribution in [-0.4, -0.2) is 96.7 Å². The first-order valence-corrected chi connectivity index (χ1v) is 40.2. The molecule has 94 heavy (non-hydrogen) atoms. The molecule has 5 unspecified atom stereocenters. The minimum Gasteiger partial charge on any atom is -0.462 e. The number of carbonyl (C=O) groups is 4. The van der Waals surface area contributed by atoms with Gasteiger partial charge in [-0.3, -0.25) is 37.3 Å². The summed E-state index contributed by atoms with van der Waals surface area (Å²) in [4.78, 5) is 72.7. The van der Waals surface area contributed by atoms with Crippen molar-refractivity contribution < 1.29 is 80.2 Å². The molecule has 0 aromatic carbocycles. The zero-order valence-corrected chi connectivity index (χ0v) is 61.2. The summed E-state index contributed by atoms with van der Waals surface area (Å²) in [5, 5.41) is 10.6. The van der Waals surface area contributed by atoms with E-state index in [2.05, 4.69) is 101 Å². The number of rotatable bonds is 70. The lowest BCUT2D eigenvalue weighted by Crippen LogP contribution is -2.30. The number of aliphatic hydroxyl groups excluding tert-OH is 1. The van der Waals surface area contributed by atoms with Crippen LogP contribution in [0.3, 0.4) is 0 Å². The van der Waals surface area contributed by atoms with E-state index in [0.29, 0.717) is 25.7 Å². The van der Waals surface area contributed by atoms with Gasteiger partial charge in [0.1, 0.15) is 19.3 Å². The van der Waals surface area contributed by atoms with Crippen LogP contribution in [0, 0.1) is 0 Å². The van der Waals surface area contributed by atoms with Crippen molar-refractivity contribution >= 4 is 39.5 Å². The maximum absolute atomic E-state index is 13.0. The minimum absolute atomic E-state index is 0.0714. The molecule has 0 amide bonds. The number of ether oxygens (including phenoxy) is 4. The third kappa shape index (κ3) is 67.1. The van der Waals surface area contributed by atoms with E-state index in [9.17, 15) is 43.2 Å². The number of esters is 4. The zero-order chi connectivity index (χ0) is 69.0. The summed E-state index contributed by atoms with van der Waals surface area (Å²) in [6, 6.07) is 0. The lowest BCUT2D eigenvalue weighted by atomic mass is 10.0. The first-order valence-electron chi connectivity index (χ1n) is 37.2. The van der Waals surface area contributed by atoms with Crippen molar-refractivity contribution in [3.8, 4) is 0 Å². The third-order valence-corrected chi connectivity index (χ3v) is 17.6. The molecule has 0 bridgehead atoms. The van der Waals surface area contributed by atoms with Crippen LogP contribution in [0.4, 0.5) is 0 Å². The molecular formula is C75H134O17P2. The fourth-order valence-corrected chi connectivity index (χ4v) is 11.6. The van der Waals surface area contributed by atoms with E-state index in [0.717, 1.165) is 135 Å². The van der Waals surface area contributed by atoms with Crippen LogP contribution < -0.4 is 0 Å². The lowest BCUT2D eigenvalue weighted by molar-refractivity contribution is -0.161. The number of allylic oxidation sites excluding steroid dienone is 12. The fourth-order valence-electron chi connectivity index (χ4n) is 10.0. The molecule has 0 radical (unpaired) electrons. The average Bonchev–Trinajstić information content (AvgIpc) is 1.55. The molecule has 0 aromatic heterocycles. The topological polar surface area (TPSA) is 237 Å². The Kier molecular flexibility index (Phi) is 65.5. The summed E-state index contributed by atoms with van der Waals surface area (Å²) in [6.45, 7) is 4.66. The van der Waals surface area contributed by atoms with E-state index in [1.807, 2.05) is 0 Å². The molecule has 0 fully saturated rings. The van der Waals surface area contributed by atoms with Crippen LogP contribution in [-0.2, 0) is 65.4 Å². The van der Waals surface area contributed by atoms with Gasteiger partial charge in [0, 0.05) is 25.7 Å². The monoisotopic (exact) mass is 1370 g/mol. The quantitative estimate of drug-likeness (QED) is 0.0169. The SMILES string of the molecule is CC/C=C\C/C=C\C/C=C\C/C=C\CCCCC(=O)OCC(COP(=O)(O)OCC(O)COP(=O)(O)OCC(COC(=O)CCCCCCCCCCCCCCCCC)OC(=O)CCCCCCCCCCCCC)OC(=O)CCCCCCC/C=C\C/C=C\CCC. The van der Waals surface area contributed by atoms with E-state index >= 15 is 0 Å². The maximum Gasteiger partial charge on any atom is 0.472 e. The second-order valence-electron chi connectivity index (χ2n) is 24.9. The molecule has 546 valence electrons. The number of phosphoric ester groups is 2. The molecule has 3 N–H and O–H groups in total. The lowest BCUT2D eigenvalue weighted by Gasteiger charge is -2.21. The van der Waals surface area contributed by atoms with Gasteiger partial charge in [0.2, 0.25) is 0 Å². The first-order chi connectivity index (χ1) is 45.7. The Morgan fingerprint density at radius 3 is 0.915 bits per heavy atom. The second-order valence-corrected chi connectivity index (χ2v) is 27.8. The van der Waals surface area contributed by atoms with Gasteiger partial charge in [-0.05, 0) is 89.9 Å². The van der Waals surface area contributed by atoms with E-state index in [4.69, 9.17) is 37.0 Å². The average molecular weight is 1370 g/mol. The summed E-state index contributed by atoms with van der Waals surface area (Å²) in [5.74, 6) is -2.21. The smallest absolute Gasteiger partial charge is 0.462 e. The number of carbonyl (C=O) groups excluding carboxylic acids is 4. The van der Waals surface area contributed by atoms with Gasteiger partial charge < -0.3 is 33.8 Å². The van der Waals surface area contributed by atoms with Gasteiger partial charge in [0.15, 0.2) is 12.2 Å². The maximum atomic E-state index is 13.0. The Hall–Kier alpha value is -3.50. The van der Waals surface area contributed by atoms with Crippen molar-refractivity contribution in [2.75, 3.05) is 39.6 Å². The van der Waals surface area contributed by atoms with Gasteiger partial charge in [0.25, 0.3) is 0 Å². The Morgan fingerprint density at radius 1 is 0.309 bits per heavy atom. The second kappa shape index (κ2) is 68.0. The summed E-state index contributed by atoms with van der Waals surface area (Å²) in [7, 11) is -9.94. The minimum atomic E-state index is -4.98. The van der Waals surface area contributed by atoms with Crippen LogP contribution in [0.2, 0.25) is 0 Å². The normalized spacial score (nSPS) is 14.4. The first kappa shape index (κ1) is 90.5. The highest BCUT2D eigenvalue weighted by Crippen LogP contribution is 2.45. The van der Waals surface area contributed by atoms with Crippen molar-refractivity contribution in [3.63, 3.8) is 0 Å². The molecule has 0 saturated heterocycles. The molecular weight excluding hydrogens is 1230 g/mol. The van der Waals surface area contributed by atoms with Gasteiger partial charge >= 0.3 is 39.5 Å². The van der Waals surface area contributed by atoms with E-state index in [1.54, 1.807) is 0 Å². The standard InChI is InChI=1S/C75H134O17P2/c1-5-9-13-17-21-25-29-32-34-37-40-43-47-51-55-59-72(77)85-65-70(91-74(79)61-57-53-49-45-39-28-24-20-16-12-8-4)67-89-93(81,82)87-63-69(76)64-88-94(83,84)90-68-71(92-75(80)62-58-54-50-46-42-36-31-27-23-19-15-11-7-3)66-86-73(78)60-56-52-48-44-41-38-35-33-30-26-22-18-14-10-6-2/h10,14-15,19,22,26-27,31,33,35,41,44,69-71,76H,5-9,11-13,16-18,20-21,23-25,28-30,32,34,36-40,42-43,45-68H2,1-4H3,(H,81,82)(H,83,84)/b14-10-,19-15-,26-22-,31-27-,35-33-,44-41-. The van der Waals surface area contributed by atoms with Crippen LogP contribution in [0.25, 0.3) is 0 Å². The van der Waals surface area contributed by atoms with E-state index in [1.165, 1.54) is 109 Å². The molecule has 0 aliphatic heterocycles. The third-order valence-electron chi connectivity index (χ3n) is 15.7.